The minimum Gasteiger partial charge on any atom is -0.351 e. The van der Waals surface area contributed by atoms with E-state index in [9.17, 15) is 22.8 Å². The van der Waals surface area contributed by atoms with Gasteiger partial charge in [-0.15, -0.1) is 0 Å². The van der Waals surface area contributed by atoms with Crippen molar-refractivity contribution in [2.45, 2.75) is 17.1 Å². The van der Waals surface area contributed by atoms with E-state index in [0.717, 1.165) is 12.1 Å². The molecule has 0 aromatic heterocycles. The first-order valence-electron chi connectivity index (χ1n) is 7.43. The Labute approximate surface area is 157 Å². The lowest BCUT2D eigenvalue weighted by Gasteiger charge is -2.11. The van der Waals surface area contributed by atoms with Gasteiger partial charge in [-0.05, 0) is 30.3 Å². The molecule has 0 aliphatic rings. The van der Waals surface area contributed by atoms with Gasteiger partial charge in [-0.3, -0.25) is 9.59 Å². The number of alkyl halides is 2. The maximum atomic E-state index is 13.0. The van der Waals surface area contributed by atoms with Gasteiger partial charge in [0.05, 0.1) is 16.3 Å². The Morgan fingerprint density at radius 1 is 1.15 bits per heavy atom. The second-order valence-electron chi connectivity index (χ2n) is 5.05. The van der Waals surface area contributed by atoms with Crippen LogP contribution in [0, 0.1) is 5.82 Å². The SMILES string of the molecule is O=C(CCNC(=O)c1ccc(F)cc1Cl)Nc1ccccc1SC(F)F. The van der Waals surface area contributed by atoms with Gasteiger partial charge in [0.1, 0.15) is 5.82 Å². The molecule has 0 aliphatic carbocycles. The number of hydrogen-bond acceptors (Lipinski definition) is 3. The minimum atomic E-state index is -2.60. The summed E-state index contributed by atoms with van der Waals surface area (Å²) in [5, 5.41) is 4.98. The summed E-state index contributed by atoms with van der Waals surface area (Å²) in [5.74, 6) is -4.16. The van der Waals surface area contributed by atoms with Crippen LogP contribution in [0.4, 0.5) is 18.9 Å². The Kier molecular flexibility index (Phi) is 7.35. The molecule has 0 saturated heterocycles. The summed E-state index contributed by atoms with van der Waals surface area (Å²) < 4.78 is 38.0. The molecule has 2 rings (SSSR count). The number of carbonyl (C=O) groups is 2. The van der Waals surface area contributed by atoms with Crippen LogP contribution in [0.25, 0.3) is 0 Å². The fraction of sp³-hybridized carbons (Fsp3) is 0.176. The Balaban J connectivity index is 1.87. The molecule has 0 radical (unpaired) electrons. The van der Waals surface area contributed by atoms with E-state index < -0.39 is 23.4 Å². The fourth-order valence-corrected chi connectivity index (χ4v) is 2.89. The number of nitrogens with one attached hydrogen (secondary N) is 2. The summed E-state index contributed by atoms with van der Waals surface area (Å²) in [4.78, 5) is 24.1. The lowest BCUT2D eigenvalue weighted by molar-refractivity contribution is -0.116. The van der Waals surface area contributed by atoms with Crippen molar-refractivity contribution in [2.75, 3.05) is 11.9 Å². The summed E-state index contributed by atoms with van der Waals surface area (Å²) in [7, 11) is 0. The number of carbonyl (C=O) groups excluding carboxylic acids is 2. The van der Waals surface area contributed by atoms with Gasteiger partial charge in [0.2, 0.25) is 5.91 Å². The maximum Gasteiger partial charge on any atom is 0.288 e. The van der Waals surface area contributed by atoms with Crippen LogP contribution in [-0.4, -0.2) is 24.1 Å². The standard InChI is InChI=1S/C17H14ClF3N2O2S/c18-12-9-10(19)5-6-11(12)16(25)22-8-7-15(24)23-13-3-1-2-4-14(13)26-17(20)21/h1-6,9,17H,7-8H2,(H,22,25)(H,23,24). The molecule has 26 heavy (non-hydrogen) atoms. The zero-order chi connectivity index (χ0) is 19.1. The van der Waals surface area contributed by atoms with Crippen LogP contribution in [0.2, 0.25) is 5.02 Å². The predicted molar refractivity (Wildman–Crippen MR) is 95.3 cm³/mol. The third-order valence-corrected chi connectivity index (χ3v) is 4.29. The van der Waals surface area contributed by atoms with Gasteiger partial charge in [-0.25, -0.2) is 4.39 Å². The van der Waals surface area contributed by atoms with Crippen molar-refractivity contribution in [1.29, 1.82) is 0 Å². The summed E-state index contributed by atoms with van der Waals surface area (Å²) in [5.41, 5.74) is 0.364. The van der Waals surface area contributed by atoms with Crippen LogP contribution < -0.4 is 10.6 Å². The topological polar surface area (TPSA) is 58.2 Å². The van der Waals surface area contributed by atoms with Crippen molar-refractivity contribution in [3.8, 4) is 0 Å². The van der Waals surface area contributed by atoms with Crippen molar-refractivity contribution in [2.24, 2.45) is 0 Å². The Morgan fingerprint density at radius 2 is 1.88 bits per heavy atom. The van der Waals surface area contributed by atoms with E-state index in [4.69, 9.17) is 11.6 Å². The van der Waals surface area contributed by atoms with E-state index in [2.05, 4.69) is 10.6 Å². The smallest absolute Gasteiger partial charge is 0.288 e. The van der Waals surface area contributed by atoms with Gasteiger partial charge < -0.3 is 10.6 Å². The average Bonchev–Trinajstić information content (AvgIpc) is 2.56. The number of para-hydroxylation sites is 1. The van der Waals surface area contributed by atoms with Crippen molar-refractivity contribution in [3.05, 3.63) is 58.9 Å². The first-order valence-corrected chi connectivity index (χ1v) is 8.69. The maximum absolute atomic E-state index is 13.0. The Morgan fingerprint density at radius 3 is 2.58 bits per heavy atom. The van der Waals surface area contributed by atoms with Gasteiger partial charge in [0.25, 0.3) is 11.7 Å². The van der Waals surface area contributed by atoms with Crippen molar-refractivity contribution < 1.29 is 22.8 Å². The average molecular weight is 403 g/mol. The number of thioether (sulfide) groups is 1. The van der Waals surface area contributed by atoms with Crippen LogP contribution in [-0.2, 0) is 4.79 Å². The number of anilines is 1. The summed E-state index contributed by atoms with van der Waals surface area (Å²) in [6.07, 6.45) is -0.0712. The van der Waals surface area contributed by atoms with Gasteiger partial charge in [0, 0.05) is 17.9 Å². The number of halogens is 4. The van der Waals surface area contributed by atoms with E-state index in [1.165, 1.54) is 18.2 Å². The van der Waals surface area contributed by atoms with Crippen LogP contribution >= 0.6 is 23.4 Å². The number of benzene rings is 2. The monoisotopic (exact) mass is 402 g/mol. The first kappa shape index (κ1) is 20.1. The largest absolute Gasteiger partial charge is 0.351 e. The molecule has 0 saturated carbocycles. The number of rotatable bonds is 7. The van der Waals surface area contributed by atoms with Crippen LogP contribution in [0.1, 0.15) is 16.8 Å². The van der Waals surface area contributed by atoms with E-state index in [1.807, 2.05) is 0 Å². The third-order valence-electron chi connectivity index (χ3n) is 3.19. The molecule has 2 aromatic carbocycles. The van der Waals surface area contributed by atoms with Crippen molar-refractivity contribution >= 4 is 40.9 Å². The second-order valence-corrected chi connectivity index (χ2v) is 6.49. The second kappa shape index (κ2) is 9.49. The van der Waals surface area contributed by atoms with E-state index >= 15 is 0 Å². The van der Waals surface area contributed by atoms with Crippen LogP contribution in [0.15, 0.2) is 47.4 Å². The molecule has 0 bridgehead atoms. The molecule has 0 aliphatic heterocycles. The summed E-state index contributed by atoms with van der Waals surface area (Å²) >= 11 is 6.12. The molecule has 0 unspecified atom stereocenters. The number of amides is 2. The van der Waals surface area contributed by atoms with E-state index in [0.29, 0.717) is 11.8 Å². The molecule has 2 amide bonds. The van der Waals surface area contributed by atoms with Crippen LogP contribution in [0.3, 0.4) is 0 Å². The zero-order valence-corrected chi connectivity index (χ0v) is 14.8. The lowest BCUT2D eigenvalue weighted by Crippen LogP contribution is -2.28. The molecule has 0 heterocycles. The Bertz CT molecular complexity index is 805. The summed E-state index contributed by atoms with van der Waals surface area (Å²) in [6.45, 7) is 0.00251. The van der Waals surface area contributed by atoms with Gasteiger partial charge in [-0.1, -0.05) is 35.5 Å². The molecule has 2 N–H and O–H groups in total. The third kappa shape index (κ3) is 5.96. The highest BCUT2D eigenvalue weighted by molar-refractivity contribution is 7.99. The quantitative estimate of drug-likeness (QED) is 0.668. The number of hydrogen-bond donors (Lipinski definition) is 2. The first-order chi connectivity index (χ1) is 12.4. The highest BCUT2D eigenvalue weighted by Gasteiger charge is 2.13. The van der Waals surface area contributed by atoms with Gasteiger partial charge in [-0.2, -0.15) is 8.78 Å². The van der Waals surface area contributed by atoms with E-state index in [-0.39, 0.29) is 34.1 Å². The lowest BCUT2D eigenvalue weighted by atomic mass is 10.2. The molecule has 0 fully saturated rings. The molecule has 138 valence electrons. The molecule has 4 nitrogen and oxygen atoms in total. The zero-order valence-electron chi connectivity index (χ0n) is 13.3. The fourth-order valence-electron chi connectivity index (χ4n) is 2.04. The molecule has 0 atom stereocenters. The van der Waals surface area contributed by atoms with E-state index in [1.54, 1.807) is 12.1 Å². The molecular formula is C17H14ClF3N2O2S. The van der Waals surface area contributed by atoms with Gasteiger partial charge in [0.15, 0.2) is 0 Å². The summed E-state index contributed by atoms with van der Waals surface area (Å²) in [6, 6.07) is 9.55. The highest BCUT2D eigenvalue weighted by atomic mass is 35.5. The van der Waals surface area contributed by atoms with Crippen LogP contribution in [0.5, 0.6) is 0 Å². The molecule has 9 heteroatoms. The molecule has 2 aromatic rings. The minimum absolute atomic E-state index is 0.00251. The Hall–Kier alpha value is -2.19. The highest BCUT2D eigenvalue weighted by Crippen LogP contribution is 2.31. The predicted octanol–water partition coefficient (Wildman–Crippen LogP) is 4.55. The molecular weight excluding hydrogens is 389 g/mol. The van der Waals surface area contributed by atoms with Crippen molar-refractivity contribution in [3.63, 3.8) is 0 Å². The normalized spacial score (nSPS) is 10.7. The van der Waals surface area contributed by atoms with Crippen molar-refractivity contribution in [1.82, 2.24) is 5.32 Å². The molecule has 0 spiro atoms. The van der Waals surface area contributed by atoms with Gasteiger partial charge >= 0.3 is 0 Å².